The maximum atomic E-state index is 8.98. The molecule has 4 rings (SSSR count). The molecule has 0 radical (unpaired) electrons. The number of nitriles is 1. The van der Waals surface area contributed by atoms with Gasteiger partial charge in [-0.2, -0.15) is 5.26 Å². The molecular formula is C23H24N2O. The van der Waals surface area contributed by atoms with Gasteiger partial charge in [-0.15, -0.1) is 0 Å². The molecule has 1 atom stereocenters. The van der Waals surface area contributed by atoms with Crippen LogP contribution in [0.4, 0.5) is 0 Å². The topological polar surface area (TPSA) is 40.2 Å². The molecule has 0 bridgehead atoms. The Morgan fingerprint density at radius 3 is 2.69 bits per heavy atom. The van der Waals surface area contributed by atoms with Crippen molar-refractivity contribution in [3.05, 3.63) is 59.4 Å². The molecule has 1 aromatic heterocycles. The summed E-state index contributed by atoms with van der Waals surface area (Å²) in [4.78, 5) is 2.56. The highest BCUT2D eigenvalue weighted by molar-refractivity contribution is 5.86. The summed E-state index contributed by atoms with van der Waals surface area (Å²) in [6.45, 7) is 6.71. The fraction of sp³-hybridized carbons (Fsp3) is 0.348. The standard InChI is InChI=1S/C23H24N2O/c1-16-12-23-20(14-22(16)19-7-5-18(15-24)6-8-19)13-21(26-23)9-11-25-10-3-4-17(25)2/h5-8,12-14,17H,3-4,9-11H2,1-2H3/t17-/m1/s1. The molecule has 3 nitrogen and oxygen atoms in total. The van der Waals surface area contributed by atoms with Gasteiger partial charge in [0.25, 0.3) is 0 Å². The minimum absolute atomic E-state index is 0.689. The zero-order valence-corrected chi connectivity index (χ0v) is 15.5. The molecule has 3 heteroatoms. The Morgan fingerprint density at radius 2 is 2.00 bits per heavy atom. The van der Waals surface area contributed by atoms with E-state index in [1.54, 1.807) is 0 Å². The second kappa shape index (κ2) is 6.97. The summed E-state index contributed by atoms with van der Waals surface area (Å²) in [6, 6.07) is 17.2. The number of nitrogens with zero attached hydrogens (tertiary/aromatic N) is 2. The van der Waals surface area contributed by atoms with Gasteiger partial charge in [0, 0.05) is 24.4 Å². The Hall–Kier alpha value is -2.57. The number of aryl methyl sites for hydroxylation is 1. The van der Waals surface area contributed by atoms with Crippen LogP contribution in [0.3, 0.4) is 0 Å². The van der Waals surface area contributed by atoms with E-state index < -0.39 is 0 Å². The van der Waals surface area contributed by atoms with E-state index in [9.17, 15) is 0 Å². The number of hydrogen-bond donors (Lipinski definition) is 0. The van der Waals surface area contributed by atoms with Crippen molar-refractivity contribution in [2.24, 2.45) is 0 Å². The van der Waals surface area contributed by atoms with E-state index in [2.05, 4.69) is 43.0 Å². The van der Waals surface area contributed by atoms with Gasteiger partial charge in [-0.05, 0) is 80.3 Å². The number of benzene rings is 2. The monoisotopic (exact) mass is 344 g/mol. The van der Waals surface area contributed by atoms with Crippen molar-refractivity contribution >= 4 is 11.0 Å². The maximum absolute atomic E-state index is 8.98. The SMILES string of the molecule is Cc1cc2oc(CCN3CCC[C@H]3C)cc2cc1-c1ccc(C#N)cc1. The molecule has 1 aliphatic heterocycles. The van der Waals surface area contributed by atoms with Crippen molar-refractivity contribution in [1.82, 2.24) is 4.90 Å². The molecule has 1 saturated heterocycles. The first-order chi connectivity index (χ1) is 12.6. The van der Waals surface area contributed by atoms with Gasteiger partial charge in [-0.3, -0.25) is 0 Å². The van der Waals surface area contributed by atoms with Crippen LogP contribution in [0.15, 0.2) is 46.9 Å². The molecule has 3 aromatic rings. The van der Waals surface area contributed by atoms with E-state index >= 15 is 0 Å². The summed E-state index contributed by atoms with van der Waals surface area (Å²) >= 11 is 0. The van der Waals surface area contributed by atoms with Crippen molar-refractivity contribution in [2.45, 2.75) is 39.2 Å². The smallest absolute Gasteiger partial charge is 0.134 e. The number of rotatable bonds is 4. The predicted molar refractivity (Wildman–Crippen MR) is 105 cm³/mol. The molecule has 1 aliphatic rings. The highest BCUT2D eigenvalue weighted by Gasteiger charge is 2.20. The van der Waals surface area contributed by atoms with E-state index in [1.807, 2.05) is 24.3 Å². The molecule has 1 fully saturated rings. The average Bonchev–Trinajstić information content (AvgIpc) is 3.24. The molecule has 0 saturated carbocycles. The Bertz CT molecular complexity index is 962. The minimum Gasteiger partial charge on any atom is -0.461 e. The van der Waals surface area contributed by atoms with E-state index in [0.29, 0.717) is 11.6 Å². The van der Waals surface area contributed by atoms with Crippen LogP contribution in [-0.4, -0.2) is 24.0 Å². The van der Waals surface area contributed by atoms with E-state index in [0.717, 1.165) is 35.3 Å². The van der Waals surface area contributed by atoms with E-state index in [1.165, 1.54) is 30.5 Å². The summed E-state index contributed by atoms with van der Waals surface area (Å²) in [5.74, 6) is 1.07. The van der Waals surface area contributed by atoms with Crippen molar-refractivity contribution in [2.75, 3.05) is 13.1 Å². The summed E-state index contributed by atoms with van der Waals surface area (Å²) in [7, 11) is 0. The fourth-order valence-electron chi connectivity index (χ4n) is 3.98. The average molecular weight is 344 g/mol. The summed E-state index contributed by atoms with van der Waals surface area (Å²) in [5, 5.41) is 10.1. The minimum atomic E-state index is 0.689. The summed E-state index contributed by atoms with van der Waals surface area (Å²) < 4.78 is 6.10. The van der Waals surface area contributed by atoms with Gasteiger partial charge in [0.1, 0.15) is 11.3 Å². The van der Waals surface area contributed by atoms with Crippen LogP contribution in [0.2, 0.25) is 0 Å². The number of likely N-dealkylation sites (tertiary alicyclic amines) is 1. The van der Waals surface area contributed by atoms with Gasteiger partial charge < -0.3 is 9.32 Å². The molecule has 0 amide bonds. The summed E-state index contributed by atoms with van der Waals surface area (Å²) in [6.07, 6.45) is 3.59. The van der Waals surface area contributed by atoms with Gasteiger partial charge in [0.05, 0.1) is 11.6 Å². The van der Waals surface area contributed by atoms with Crippen molar-refractivity contribution in [3.63, 3.8) is 0 Å². The van der Waals surface area contributed by atoms with Gasteiger partial charge in [-0.1, -0.05) is 12.1 Å². The van der Waals surface area contributed by atoms with E-state index in [4.69, 9.17) is 9.68 Å². The van der Waals surface area contributed by atoms with Gasteiger partial charge in [0.15, 0.2) is 0 Å². The first-order valence-electron chi connectivity index (χ1n) is 9.42. The fourth-order valence-corrected chi connectivity index (χ4v) is 3.98. The normalized spacial score (nSPS) is 17.7. The third-order valence-electron chi connectivity index (χ3n) is 5.58. The lowest BCUT2D eigenvalue weighted by Gasteiger charge is -2.19. The Labute approximate surface area is 154 Å². The molecule has 132 valence electrons. The zero-order chi connectivity index (χ0) is 18.1. The Kier molecular flexibility index (Phi) is 4.53. The van der Waals surface area contributed by atoms with Gasteiger partial charge in [0.2, 0.25) is 0 Å². The van der Waals surface area contributed by atoms with Crippen LogP contribution in [0.1, 0.15) is 36.7 Å². The van der Waals surface area contributed by atoms with Crippen LogP contribution in [0.5, 0.6) is 0 Å². The zero-order valence-electron chi connectivity index (χ0n) is 15.5. The third-order valence-corrected chi connectivity index (χ3v) is 5.58. The first-order valence-corrected chi connectivity index (χ1v) is 9.42. The quantitative estimate of drug-likeness (QED) is 0.644. The van der Waals surface area contributed by atoms with Gasteiger partial charge >= 0.3 is 0 Å². The maximum Gasteiger partial charge on any atom is 0.134 e. The molecule has 0 unspecified atom stereocenters. The second-order valence-electron chi connectivity index (χ2n) is 7.38. The molecule has 0 N–H and O–H groups in total. The first kappa shape index (κ1) is 16.9. The van der Waals surface area contributed by atoms with Crippen LogP contribution < -0.4 is 0 Å². The number of furan rings is 1. The predicted octanol–water partition coefficient (Wildman–Crippen LogP) is 5.31. The Balaban J connectivity index is 1.59. The molecule has 2 aromatic carbocycles. The molecule has 0 spiro atoms. The van der Waals surface area contributed by atoms with Crippen molar-refractivity contribution in [1.29, 1.82) is 5.26 Å². The third kappa shape index (κ3) is 3.25. The largest absolute Gasteiger partial charge is 0.461 e. The lowest BCUT2D eigenvalue weighted by atomic mass is 9.98. The van der Waals surface area contributed by atoms with Crippen molar-refractivity contribution in [3.8, 4) is 17.2 Å². The lowest BCUT2D eigenvalue weighted by molar-refractivity contribution is 0.266. The van der Waals surface area contributed by atoms with Crippen LogP contribution in [-0.2, 0) is 6.42 Å². The van der Waals surface area contributed by atoms with E-state index in [-0.39, 0.29) is 0 Å². The molecule has 26 heavy (non-hydrogen) atoms. The second-order valence-corrected chi connectivity index (χ2v) is 7.38. The van der Waals surface area contributed by atoms with Crippen LogP contribution >= 0.6 is 0 Å². The number of fused-ring (bicyclic) bond motifs is 1. The highest BCUT2D eigenvalue weighted by atomic mass is 16.3. The molecule has 2 heterocycles. The Morgan fingerprint density at radius 1 is 1.19 bits per heavy atom. The molecular weight excluding hydrogens is 320 g/mol. The number of hydrogen-bond acceptors (Lipinski definition) is 3. The highest BCUT2D eigenvalue weighted by Crippen LogP contribution is 2.30. The van der Waals surface area contributed by atoms with Gasteiger partial charge in [-0.25, -0.2) is 0 Å². The van der Waals surface area contributed by atoms with Crippen LogP contribution in [0.25, 0.3) is 22.1 Å². The van der Waals surface area contributed by atoms with Crippen LogP contribution in [0, 0.1) is 18.3 Å². The lowest BCUT2D eigenvalue weighted by Crippen LogP contribution is -2.28. The summed E-state index contributed by atoms with van der Waals surface area (Å²) in [5.41, 5.74) is 5.18. The van der Waals surface area contributed by atoms with Crippen molar-refractivity contribution < 1.29 is 4.42 Å². The molecule has 0 aliphatic carbocycles.